The number of aliphatic hydroxyl groups is 2. The number of rotatable bonds is 5. The van der Waals surface area contributed by atoms with Crippen molar-refractivity contribution in [3.05, 3.63) is 54.6 Å². The molecule has 0 amide bonds. The molecule has 9 heteroatoms. The molecule has 33 heavy (non-hydrogen) atoms. The first-order valence-corrected chi connectivity index (χ1v) is 11.0. The molecule has 3 heterocycles. The summed E-state index contributed by atoms with van der Waals surface area (Å²) in [7, 11) is 1.81. The Balaban J connectivity index is 1.67. The number of benzene rings is 2. The van der Waals surface area contributed by atoms with Crippen LogP contribution >= 0.6 is 0 Å². The van der Waals surface area contributed by atoms with Crippen molar-refractivity contribution in [1.29, 1.82) is 0 Å². The first kappa shape index (κ1) is 21.4. The molecular formula is C24H27FN6O2. The lowest BCUT2D eigenvalue weighted by atomic mass is 10.0. The molecule has 5 rings (SSSR count). The second-order valence-corrected chi connectivity index (χ2v) is 8.53. The topological polar surface area (TPSA) is 82.6 Å². The van der Waals surface area contributed by atoms with E-state index in [1.807, 2.05) is 30.3 Å². The van der Waals surface area contributed by atoms with Gasteiger partial charge >= 0.3 is 0 Å². The molecule has 2 atom stereocenters. The molecule has 0 spiro atoms. The summed E-state index contributed by atoms with van der Waals surface area (Å²) in [6.45, 7) is 4.89. The van der Waals surface area contributed by atoms with Crippen LogP contribution in [0.5, 0.6) is 0 Å². The lowest BCUT2D eigenvalue weighted by Gasteiger charge is -2.44. The van der Waals surface area contributed by atoms with Crippen LogP contribution in [0.3, 0.4) is 0 Å². The molecular weight excluding hydrogens is 423 g/mol. The van der Waals surface area contributed by atoms with E-state index in [-0.39, 0.29) is 18.5 Å². The lowest BCUT2D eigenvalue weighted by molar-refractivity contribution is 0.178. The van der Waals surface area contributed by atoms with Crippen molar-refractivity contribution in [1.82, 2.24) is 19.6 Å². The van der Waals surface area contributed by atoms with Crippen molar-refractivity contribution in [3.63, 3.8) is 0 Å². The molecule has 2 N–H and O–H groups in total. The summed E-state index contributed by atoms with van der Waals surface area (Å²) in [4.78, 5) is 4.14. The SMILES string of the molecule is CC(O)N1c2ccc(-c3cnn(CCO)c3)cc2N(c2nn(C)c3cc(F)ccc23)C[C@@H]1C. The van der Waals surface area contributed by atoms with Gasteiger partial charge in [0.2, 0.25) is 0 Å². The highest BCUT2D eigenvalue weighted by Gasteiger charge is 2.33. The van der Waals surface area contributed by atoms with E-state index in [0.29, 0.717) is 13.1 Å². The maximum Gasteiger partial charge on any atom is 0.163 e. The van der Waals surface area contributed by atoms with E-state index >= 15 is 0 Å². The van der Waals surface area contributed by atoms with E-state index in [2.05, 4.69) is 23.0 Å². The summed E-state index contributed by atoms with van der Waals surface area (Å²) in [5.41, 5.74) is 4.43. The number of aliphatic hydroxyl groups excluding tert-OH is 2. The van der Waals surface area contributed by atoms with Gasteiger partial charge in [-0.05, 0) is 49.7 Å². The van der Waals surface area contributed by atoms with Gasteiger partial charge in [-0.3, -0.25) is 9.36 Å². The maximum absolute atomic E-state index is 13.9. The van der Waals surface area contributed by atoms with Crippen LogP contribution in [0.25, 0.3) is 22.0 Å². The Morgan fingerprint density at radius 2 is 1.97 bits per heavy atom. The third kappa shape index (κ3) is 3.63. The van der Waals surface area contributed by atoms with Crippen molar-refractivity contribution in [2.24, 2.45) is 7.05 Å². The Hall–Kier alpha value is -3.43. The second-order valence-electron chi connectivity index (χ2n) is 8.53. The average Bonchev–Trinajstić information content (AvgIpc) is 3.37. The summed E-state index contributed by atoms with van der Waals surface area (Å²) in [6, 6.07) is 10.8. The van der Waals surface area contributed by atoms with Crippen LogP contribution < -0.4 is 9.80 Å². The van der Waals surface area contributed by atoms with Crippen LogP contribution in [0.2, 0.25) is 0 Å². The third-order valence-electron chi connectivity index (χ3n) is 6.21. The lowest BCUT2D eigenvalue weighted by Crippen LogP contribution is -2.50. The van der Waals surface area contributed by atoms with E-state index in [9.17, 15) is 14.6 Å². The Morgan fingerprint density at radius 3 is 2.73 bits per heavy atom. The number of fused-ring (bicyclic) bond motifs is 2. The minimum atomic E-state index is -0.659. The highest BCUT2D eigenvalue weighted by Crippen LogP contribution is 2.44. The van der Waals surface area contributed by atoms with Crippen LogP contribution in [0.4, 0.5) is 21.6 Å². The van der Waals surface area contributed by atoms with Gasteiger partial charge in [0.15, 0.2) is 5.82 Å². The number of aromatic nitrogens is 4. The predicted octanol–water partition coefficient (Wildman–Crippen LogP) is 3.25. The zero-order chi connectivity index (χ0) is 23.3. The Morgan fingerprint density at radius 1 is 1.15 bits per heavy atom. The molecule has 0 radical (unpaired) electrons. The van der Waals surface area contributed by atoms with Gasteiger partial charge in [-0.2, -0.15) is 10.2 Å². The van der Waals surface area contributed by atoms with Crippen LogP contribution in [0.15, 0.2) is 48.8 Å². The van der Waals surface area contributed by atoms with Gasteiger partial charge < -0.3 is 20.0 Å². The summed E-state index contributed by atoms with van der Waals surface area (Å²) in [5.74, 6) is 0.450. The van der Waals surface area contributed by atoms with Crippen molar-refractivity contribution < 1.29 is 14.6 Å². The van der Waals surface area contributed by atoms with Gasteiger partial charge in [0.1, 0.15) is 12.0 Å². The molecule has 0 aliphatic carbocycles. The predicted molar refractivity (Wildman–Crippen MR) is 126 cm³/mol. The normalized spacial score (nSPS) is 17.0. The van der Waals surface area contributed by atoms with E-state index in [4.69, 9.17) is 5.10 Å². The Bertz CT molecular complexity index is 1310. The number of aryl methyl sites for hydroxylation is 1. The number of hydrogen-bond donors (Lipinski definition) is 2. The summed E-state index contributed by atoms with van der Waals surface area (Å²) < 4.78 is 17.3. The van der Waals surface area contributed by atoms with Crippen molar-refractivity contribution in [2.45, 2.75) is 32.7 Å². The molecule has 1 aliphatic rings. The van der Waals surface area contributed by atoms with Crippen molar-refractivity contribution in [3.8, 4) is 11.1 Å². The van der Waals surface area contributed by atoms with Gasteiger partial charge in [-0.1, -0.05) is 6.07 Å². The van der Waals surface area contributed by atoms with E-state index in [1.165, 1.54) is 12.1 Å². The van der Waals surface area contributed by atoms with Gasteiger partial charge in [-0.15, -0.1) is 0 Å². The molecule has 1 aliphatic heterocycles. The van der Waals surface area contributed by atoms with Crippen LogP contribution in [0, 0.1) is 5.82 Å². The Labute approximate surface area is 191 Å². The monoisotopic (exact) mass is 450 g/mol. The smallest absolute Gasteiger partial charge is 0.163 e. The first-order chi connectivity index (χ1) is 15.9. The minimum Gasteiger partial charge on any atom is -0.394 e. The number of hydrogen-bond acceptors (Lipinski definition) is 6. The highest BCUT2D eigenvalue weighted by molar-refractivity contribution is 5.95. The molecule has 0 fully saturated rings. The van der Waals surface area contributed by atoms with E-state index in [0.717, 1.165) is 39.2 Å². The molecule has 2 aromatic carbocycles. The standard InChI is InChI=1S/C24H27FN6O2/c1-15-13-30(24-20-6-5-19(25)11-22(20)28(3)27-24)23-10-17(4-7-21(23)31(15)16(2)33)18-12-26-29(14-18)8-9-32/h4-7,10-12,14-16,32-33H,8-9,13H2,1-3H3/t15-,16?/m0/s1. The fourth-order valence-corrected chi connectivity index (χ4v) is 4.74. The summed E-state index contributed by atoms with van der Waals surface area (Å²) >= 11 is 0. The maximum atomic E-state index is 13.9. The average molecular weight is 451 g/mol. The molecule has 8 nitrogen and oxygen atoms in total. The third-order valence-corrected chi connectivity index (χ3v) is 6.21. The van der Waals surface area contributed by atoms with Crippen molar-refractivity contribution in [2.75, 3.05) is 23.0 Å². The molecule has 0 saturated carbocycles. The van der Waals surface area contributed by atoms with Crippen LogP contribution in [-0.2, 0) is 13.6 Å². The number of nitrogens with zero attached hydrogens (tertiary/aromatic N) is 6. The second kappa shape index (κ2) is 8.17. The molecule has 0 saturated heterocycles. The van der Waals surface area contributed by atoms with E-state index in [1.54, 1.807) is 28.6 Å². The van der Waals surface area contributed by atoms with Gasteiger partial charge in [0.25, 0.3) is 0 Å². The minimum absolute atomic E-state index is 0.0214. The highest BCUT2D eigenvalue weighted by atomic mass is 19.1. The van der Waals surface area contributed by atoms with Gasteiger partial charge in [0.05, 0.1) is 36.2 Å². The zero-order valence-electron chi connectivity index (χ0n) is 18.9. The van der Waals surface area contributed by atoms with Gasteiger partial charge in [-0.25, -0.2) is 4.39 Å². The first-order valence-electron chi connectivity index (χ1n) is 11.0. The van der Waals surface area contributed by atoms with Crippen LogP contribution in [-0.4, -0.2) is 55.2 Å². The Kier molecular flexibility index (Phi) is 5.30. The van der Waals surface area contributed by atoms with Gasteiger partial charge in [0, 0.05) is 36.8 Å². The summed E-state index contributed by atoms with van der Waals surface area (Å²) in [5, 5.41) is 29.6. The molecule has 1 unspecified atom stereocenters. The quantitative estimate of drug-likeness (QED) is 0.486. The number of halogens is 1. The summed E-state index contributed by atoms with van der Waals surface area (Å²) in [6.07, 6.45) is 3.02. The largest absolute Gasteiger partial charge is 0.394 e. The fourth-order valence-electron chi connectivity index (χ4n) is 4.74. The molecule has 172 valence electrons. The molecule has 4 aromatic rings. The van der Waals surface area contributed by atoms with E-state index < -0.39 is 6.23 Å². The molecule has 2 aromatic heterocycles. The van der Waals surface area contributed by atoms with Crippen LogP contribution in [0.1, 0.15) is 13.8 Å². The zero-order valence-corrected chi connectivity index (χ0v) is 18.9. The number of anilines is 3. The fraction of sp³-hybridized carbons (Fsp3) is 0.333. The molecule has 0 bridgehead atoms. The van der Waals surface area contributed by atoms with Crippen molar-refractivity contribution >= 4 is 28.1 Å².